The van der Waals surface area contributed by atoms with Crippen LogP contribution < -0.4 is 21.7 Å². The number of carboxylic acids is 3. The third-order valence-electron chi connectivity index (χ3n) is 4.98. The summed E-state index contributed by atoms with van der Waals surface area (Å²) < 4.78 is 0. The molecule has 1 aromatic rings. The fourth-order valence-corrected chi connectivity index (χ4v) is 3.26. The Kier molecular flexibility index (Phi) is 12.0. The lowest BCUT2D eigenvalue weighted by molar-refractivity contribution is -0.145. The van der Waals surface area contributed by atoms with Crippen molar-refractivity contribution in [2.24, 2.45) is 11.7 Å². The molecule has 0 aliphatic heterocycles. The lowest BCUT2D eigenvalue weighted by Crippen LogP contribution is -2.58. The minimum absolute atomic E-state index is 0.0409. The molecular formula is C23H32N4O9. The molecule has 36 heavy (non-hydrogen) atoms. The summed E-state index contributed by atoms with van der Waals surface area (Å²) >= 11 is 0. The summed E-state index contributed by atoms with van der Waals surface area (Å²) in [5.41, 5.74) is 6.36. The van der Waals surface area contributed by atoms with E-state index in [4.69, 9.17) is 10.8 Å². The van der Waals surface area contributed by atoms with Gasteiger partial charge in [0.1, 0.15) is 18.1 Å². The molecule has 13 heteroatoms. The number of carbonyl (C=O) groups excluding carboxylic acids is 3. The quantitative estimate of drug-likeness (QED) is 0.154. The van der Waals surface area contributed by atoms with Crippen molar-refractivity contribution >= 4 is 35.6 Å². The van der Waals surface area contributed by atoms with Gasteiger partial charge in [-0.2, -0.15) is 0 Å². The number of aliphatic carboxylic acids is 3. The number of carbonyl (C=O) groups is 6. The van der Waals surface area contributed by atoms with Crippen LogP contribution in [-0.4, -0.2) is 75.1 Å². The van der Waals surface area contributed by atoms with E-state index in [1.54, 1.807) is 30.3 Å². The van der Waals surface area contributed by atoms with Gasteiger partial charge < -0.3 is 37.0 Å². The molecule has 0 saturated heterocycles. The number of carboxylic acid groups (broad SMARTS) is 3. The zero-order valence-electron chi connectivity index (χ0n) is 20.0. The van der Waals surface area contributed by atoms with Gasteiger partial charge in [-0.15, -0.1) is 0 Å². The maximum Gasteiger partial charge on any atom is 0.326 e. The van der Waals surface area contributed by atoms with Crippen molar-refractivity contribution in [3.8, 4) is 0 Å². The Bertz CT molecular complexity index is 952. The Morgan fingerprint density at radius 1 is 0.750 bits per heavy atom. The third-order valence-corrected chi connectivity index (χ3v) is 4.98. The monoisotopic (exact) mass is 508 g/mol. The van der Waals surface area contributed by atoms with Crippen molar-refractivity contribution in [3.63, 3.8) is 0 Å². The molecule has 0 spiro atoms. The number of nitrogens with two attached hydrogens (primary N) is 1. The Morgan fingerprint density at radius 2 is 1.19 bits per heavy atom. The second-order valence-corrected chi connectivity index (χ2v) is 8.64. The van der Waals surface area contributed by atoms with Gasteiger partial charge in [0.25, 0.3) is 0 Å². The first-order valence-corrected chi connectivity index (χ1v) is 11.2. The summed E-state index contributed by atoms with van der Waals surface area (Å²) in [6.07, 6.45) is -1.63. The van der Waals surface area contributed by atoms with E-state index in [9.17, 15) is 39.0 Å². The zero-order chi connectivity index (χ0) is 27.4. The standard InChI is InChI=1S/C23H32N4O9/c1-12(2)8-14(24)20(32)25-15(10-18(28)29)21(33)26-16(11-19(30)31)22(34)27-17(23(35)36)9-13-6-4-3-5-7-13/h3-7,12,14-17H,8-11,24H2,1-2H3,(H,25,32)(H,26,33)(H,27,34)(H,28,29)(H,30,31)(H,35,36)/t14-,15-,16-,17-/m0/s1. The van der Waals surface area contributed by atoms with Crippen LogP contribution in [-0.2, 0) is 35.2 Å². The van der Waals surface area contributed by atoms with Crippen molar-refractivity contribution in [3.05, 3.63) is 35.9 Å². The van der Waals surface area contributed by atoms with Crippen LogP contribution in [0.4, 0.5) is 0 Å². The maximum atomic E-state index is 12.7. The predicted octanol–water partition coefficient (Wildman–Crippen LogP) is -0.909. The summed E-state index contributed by atoms with van der Waals surface area (Å²) in [6.45, 7) is 3.62. The van der Waals surface area contributed by atoms with Gasteiger partial charge >= 0.3 is 17.9 Å². The van der Waals surface area contributed by atoms with E-state index >= 15 is 0 Å². The highest BCUT2D eigenvalue weighted by atomic mass is 16.4. The van der Waals surface area contributed by atoms with E-state index < -0.39 is 72.6 Å². The second-order valence-electron chi connectivity index (χ2n) is 8.64. The molecule has 198 valence electrons. The number of hydrogen-bond donors (Lipinski definition) is 7. The highest BCUT2D eigenvalue weighted by Crippen LogP contribution is 2.07. The van der Waals surface area contributed by atoms with E-state index in [2.05, 4.69) is 16.0 Å². The molecule has 0 bridgehead atoms. The topological polar surface area (TPSA) is 225 Å². The Hall–Kier alpha value is -4.00. The average Bonchev–Trinajstić information content (AvgIpc) is 2.77. The molecule has 0 heterocycles. The molecule has 0 aromatic heterocycles. The van der Waals surface area contributed by atoms with Crippen LogP contribution in [0.2, 0.25) is 0 Å². The molecule has 0 saturated carbocycles. The number of benzene rings is 1. The van der Waals surface area contributed by atoms with E-state index in [0.29, 0.717) is 5.56 Å². The molecule has 1 rings (SSSR count). The van der Waals surface area contributed by atoms with Crippen LogP contribution in [0.1, 0.15) is 38.7 Å². The lowest BCUT2D eigenvalue weighted by Gasteiger charge is -2.24. The van der Waals surface area contributed by atoms with Crippen LogP contribution in [0.25, 0.3) is 0 Å². The molecule has 1 aromatic carbocycles. The van der Waals surface area contributed by atoms with Crippen molar-refractivity contribution < 1.29 is 44.1 Å². The van der Waals surface area contributed by atoms with Gasteiger partial charge in [-0.05, 0) is 17.9 Å². The minimum Gasteiger partial charge on any atom is -0.481 e. The van der Waals surface area contributed by atoms with E-state index in [-0.39, 0.29) is 18.8 Å². The molecule has 0 aliphatic rings. The zero-order valence-corrected chi connectivity index (χ0v) is 20.0. The summed E-state index contributed by atoms with van der Waals surface area (Å²) in [5.74, 6) is -7.31. The van der Waals surface area contributed by atoms with Crippen LogP contribution in [0, 0.1) is 5.92 Å². The van der Waals surface area contributed by atoms with Gasteiger partial charge in [0.2, 0.25) is 17.7 Å². The van der Waals surface area contributed by atoms with E-state index in [0.717, 1.165) is 0 Å². The average molecular weight is 509 g/mol. The van der Waals surface area contributed by atoms with Crippen molar-refractivity contribution in [1.82, 2.24) is 16.0 Å². The second kappa shape index (κ2) is 14.4. The summed E-state index contributed by atoms with van der Waals surface area (Å²) in [4.78, 5) is 72.0. The Balaban J connectivity index is 3.01. The van der Waals surface area contributed by atoms with Crippen molar-refractivity contribution in [1.29, 1.82) is 0 Å². The highest BCUT2D eigenvalue weighted by Gasteiger charge is 2.32. The first kappa shape index (κ1) is 30.0. The van der Waals surface area contributed by atoms with E-state index in [1.807, 2.05) is 13.8 Å². The van der Waals surface area contributed by atoms with Gasteiger partial charge in [-0.1, -0.05) is 44.2 Å². The fourth-order valence-electron chi connectivity index (χ4n) is 3.26. The molecule has 0 unspecified atom stereocenters. The molecule has 4 atom stereocenters. The van der Waals surface area contributed by atoms with Gasteiger partial charge in [-0.3, -0.25) is 24.0 Å². The third kappa shape index (κ3) is 11.0. The first-order valence-electron chi connectivity index (χ1n) is 11.2. The van der Waals surface area contributed by atoms with E-state index in [1.165, 1.54) is 0 Å². The molecule has 0 fully saturated rings. The molecular weight excluding hydrogens is 476 g/mol. The summed E-state index contributed by atoms with van der Waals surface area (Å²) in [5, 5.41) is 34.3. The largest absolute Gasteiger partial charge is 0.481 e. The Labute approximate surface area is 207 Å². The minimum atomic E-state index is -1.75. The normalized spacial score (nSPS) is 14.1. The number of nitrogens with one attached hydrogen (secondary N) is 3. The summed E-state index contributed by atoms with van der Waals surface area (Å²) in [7, 11) is 0. The molecule has 3 amide bonds. The van der Waals surface area contributed by atoms with Gasteiger partial charge in [0.15, 0.2) is 0 Å². The van der Waals surface area contributed by atoms with Crippen LogP contribution >= 0.6 is 0 Å². The molecule has 13 nitrogen and oxygen atoms in total. The van der Waals surface area contributed by atoms with Gasteiger partial charge in [0, 0.05) is 6.42 Å². The van der Waals surface area contributed by atoms with Gasteiger partial charge in [-0.25, -0.2) is 4.79 Å². The Morgan fingerprint density at radius 3 is 1.61 bits per heavy atom. The van der Waals surface area contributed by atoms with Crippen LogP contribution in [0.3, 0.4) is 0 Å². The fraction of sp³-hybridized carbons (Fsp3) is 0.478. The van der Waals surface area contributed by atoms with Crippen LogP contribution in [0.15, 0.2) is 30.3 Å². The van der Waals surface area contributed by atoms with Crippen molar-refractivity contribution in [2.75, 3.05) is 0 Å². The smallest absolute Gasteiger partial charge is 0.326 e. The highest BCUT2D eigenvalue weighted by molar-refractivity contribution is 5.96. The summed E-state index contributed by atoms with van der Waals surface area (Å²) in [6, 6.07) is 2.49. The molecule has 0 aliphatic carbocycles. The number of rotatable bonds is 15. The molecule has 0 radical (unpaired) electrons. The SMILES string of the molecule is CC(C)C[C@H](N)C(=O)N[C@@H](CC(=O)O)C(=O)N[C@@H](CC(=O)O)C(=O)N[C@@H](Cc1ccccc1)C(=O)O. The van der Waals surface area contributed by atoms with Gasteiger partial charge in [0.05, 0.1) is 18.9 Å². The first-order chi connectivity index (χ1) is 16.8. The van der Waals surface area contributed by atoms with Crippen molar-refractivity contribution in [2.45, 2.75) is 63.7 Å². The predicted molar refractivity (Wildman–Crippen MR) is 126 cm³/mol. The number of amides is 3. The van der Waals surface area contributed by atoms with Crippen LogP contribution in [0.5, 0.6) is 0 Å². The maximum absolute atomic E-state index is 12.7. The molecule has 8 N–H and O–H groups in total. The number of hydrogen-bond acceptors (Lipinski definition) is 7. The lowest BCUT2D eigenvalue weighted by atomic mass is 10.0.